The molecule has 0 radical (unpaired) electrons. The van der Waals surface area contributed by atoms with Gasteiger partial charge in [-0.1, -0.05) is 109 Å². The molecule has 6 aromatic carbocycles. The van der Waals surface area contributed by atoms with Crippen molar-refractivity contribution in [3.8, 4) is 0 Å². The highest BCUT2D eigenvalue weighted by atomic mass is 16.2. The second kappa shape index (κ2) is 8.38. The van der Waals surface area contributed by atoms with Crippen molar-refractivity contribution >= 4 is 55.4 Å². The fourth-order valence-electron chi connectivity index (χ4n) is 4.66. The number of carbonyl (C=O) groups excluding carboxylic acids is 1. The van der Waals surface area contributed by atoms with Gasteiger partial charge < -0.3 is 5.32 Å². The molecular formula is C31H22N2O. The molecule has 34 heavy (non-hydrogen) atoms. The van der Waals surface area contributed by atoms with Gasteiger partial charge in [0.25, 0.3) is 0 Å². The minimum atomic E-state index is -0.205. The largest absolute Gasteiger partial charge is 0.331 e. The average Bonchev–Trinajstić information content (AvgIpc) is 2.89. The number of urea groups is 1. The molecule has 162 valence electrons. The van der Waals surface area contributed by atoms with Crippen LogP contribution in [0.2, 0.25) is 0 Å². The highest BCUT2D eigenvalue weighted by Crippen LogP contribution is 2.37. The van der Waals surface area contributed by atoms with Crippen molar-refractivity contribution in [1.82, 2.24) is 0 Å². The summed E-state index contributed by atoms with van der Waals surface area (Å²) in [5, 5.41) is 9.50. The summed E-state index contributed by atoms with van der Waals surface area (Å²) in [6.45, 7) is 0. The number of fused-ring (bicyclic) bond motifs is 3. The van der Waals surface area contributed by atoms with Crippen LogP contribution in [0.1, 0.15) is 0 Å². The Labute approximate surface area is 197 Å². The lowest BCUT2D eigenvalue weighted by molar-refractivity contribution is 0.259. The van der Waals surface area contributed by atoms with Crippen LogP contribution in [0, 0.1) is 0 Å². The number of anilines is 3. The lowest BCUT2D eigenvalue weighted by atomic mass is 10.0. The Bertz CT molecular complexity index is 1580. The zero-order valence-corrected chi connectivity index (χ0v) is 18.5. The molecule has 0 fully saturated rings. The summed E-state index contributed by atoms with van der Waals surface area (Å²) >= 11 is 0. The molecule has 3 heteroatoms. The van der Waals surface area contributed by atoms with Crippen molar-refractivity contribution in [2.75, 3.05) is 10.2 Å². The molecule has 0 aliphatic rings. The van der Waals surface area contributed by atoms with E-state index in [9.17, 15) is 4.79 Å². The molecule has 0 heterocycles. The molecule has 0 atom stereocenters. The van der Waals surface area contributed by atoms with E-state index < -0.39 is 0 Å². The average molecular weight is 439 g/mol. The van der Waals surface area contributed by atoms with E-state index in [1.165, 1.54) is 0 Å². The lowest BCUT2D eigenvalue weighted by Crippen LogP contribution is -2.31. The molecule has 3 nitrogen and oxygen atoms in total. The van der Waals surface area contributed by atoms with E-state index in [-0.39, 0.29) is 6.03 Å². The van der Waals surface area contributed by atoms with Gasteiger partial charge in [-0.05, 0) is 34.4 Å². The predicted octanol–water partition coefficient (Wildman–Crippen LogP) is 8.52. The van der Waals surface area contributed by atoms with Gasteiger partial charge >= 0.3 is 6.03 Å². The lowest BCUT2D eigenvalue weighted by Gasteiger charge is -2.26. The fraction of sp³-hybridized carbons (Fsp3) is 0. The summed E-state index contributed by atoms with van der Waals surface area (Å²) in [6.07, 6.45) is 0. The Kier molecular flexibility index (Phi) is 4.93. The third kappa shape index (κ3) is 3.44. The number of hydrogen-bond donors (Lipinski definition) is 1. The molecule has 1 N–H and O–H groups in total. The second-order valence-corrected chi connectivity index (χ2v) is 8.29. The normalized spacial score (nSPS) is 11.1. The Balaban J connectivity index is 1.56. The highest BCUT2D eigenvalue weighted by Gasteiger charge is 2.22. The smallest absolute Gasteiger partial charge is 0.307 e. The molecule has 0 saturated heterocycles. The molecule has 2 amide bonds. The van der Waals surface area contributed by atoms with E-state index in [0.29, 0.717) is 0 Å². The maximum atomic E-state index is 14.1. The molecule has 0 unspecified atom stereocenters. The monoisotopic (exact) mass is 438 g/mol. The van der Waals surface area contributed by atoms with E-state index in [4.69, 9.17) is 0 Å². The van der Waals surface area contributed by atoms with Gasteiger partial charge in [0, 0.05) is 16.2 Å². The number of rotatable bonds is 3. The first-order valence-corrected chi connectivity index (χ1v) is 11.3. The SMILES string of the molecule is O=C(Nc1cccc2ccccc12)N(c1cccc2ccccc12)c1cccc2ccccc12. The van der Waals surface area contributed by atoms with Gasteiger partial charge in [0.05, 0.1) is 17.1 Å². The molecular weight excluding hydrogens is 416 g/mol. The number of nitrogens with zero attached hydrogens (tertiary/aromatic N) is 1. The van der Waals surface area contributed by atoms with Crippen molar-refractivity contribution in [1.29, 1.82) is 0 Å². The maximum Gasteiger partial charge on any atom is 0.331 e. The summed E-state index contributed by atoms with van der Waals surface area (Å²) in [5.41, 5.74) is 2.47. The van der Waals surface area contributed by atoms with E-state index in [2.05, 4.69) is 53.8 Å². The molecule has 0 saturated carbocycles. The molecule has 0 spiro atoms. The number of benzene rings is 6. The quantitative estimate of drug-likeness (QED) is 0.295. The van der Waals surface area contributed by atoms with Gasteiger partial charge in [0.2, 0.25) is 0 Å². The van der Waals surface area contributed by atoms with Crippen LogP contribution in [-0.4, -0.2) is 6.03 Å². The third-order valence-electron chi connectivity index (χ3n) is 6.25. The fourth-order valence-corrected chi connectivity index (χ4v) is 4.66. The summed E-state index contributed by atoms with van der Waals surface area (Å²) < 4.78 is 0. The van der Waals surface area contributed by atoms with Gasteiger partial charge in [-0.3, -0.25) is 4.90 Å². The molecule has 6 aromatic rings. The van der Waals surface area contributed by atoms with Crippen LogP contribution in [0.15, 0.2) is 127 Å². The van der Waals surface area contributed by atoms with Crippen molar-refractivity contribution in [2.24, 2.45) is 0 Å². The predicted molar refractivity (Wildman–Crippen MR) is 143 cm³/mol. The topological polar surface area (TPSA) is 32.3 Å². The summed E-state index contributed by atoms with van der Waals surface area (Å²) in [4.78, 5) is 15.9. The Hall–Kier alpha value is -4.63. The third-order valence-corrected chi connectivity index (χ3v) is 6.25. The number of carbonyl (C=O) groups is 1. The molecule has 0 bridgehead atoms. The second-order valence-electron chi connectivity index (χ2n) is 8.29. The van der Waals surface area contributed by atoms with Gasteiger partial charge in [0.1, 0.15) is 0 Å². The molecule has 6 rings (SSSR count). The molecule has 0 aliphatic carbocycles. The first-order valence-electron chi connectivity index (χ1n) is 11.3. The van der Waals surface area contributed by atoms with Gasteiger partial charge in [-0.25, -0.2) is 4.79 Å². The first kappa shape index (κ1) is 20.0. The van der Waals surface area contributed by atoms with E-state index in [0.717, 1.165) is 49.4 Å². The Morgan fingerprint density at radius 1 is 0.471 bits per heavy atom. The first-order chi connectivity index (χ1) is 16.8. The van der Waals surface area contributed by atoms with E-state index >= 15 is 0 Å². The standard InChI is InChI=1S/C31H22N2O/c34-31(32-28-19-7-13-22-10-1-4-16-25(22)28)33(29-20-8-14-23-11-2-5-17-26(23)29)30-21-9-15-24-12-3-6-18-27(24)30/h1-21H,(H,32,34). The van der Waals surface area contributed by atoms with Crippen LogP contribution >= 0.6 is 0 Å². The zero-order valence-electron chi connectivity index (χ0n) is 18.5. The Morgan fingerprint density at radius 3 is 1.44 bits per heavy atom. The summed E-state index contributed by atoms with van der Waals surface area (Å²) in [6, 6.07) is 42.3. The van der Waals surface area contributed by atoms with E-state index in [1.54, 1.807) is 4.90 Å². The van der Waals surface area contributed by atoms with Crippen LogP contribution in [0.5, 0.6) is 0 Å². The van der Waals surface area contributed by atoms with Gasteiger partial charge in [0.15, 0.2) is 0 Å². The minimum absolute atomic E-state index is 0.205. The number of nitrogens with one attached hydrogen (secondary N) is 1. The number of amides is 2. The van der Waals surface area contributed by atoms with Crippen molar-refractivity contribution in [3.63, 3.8) is 0 Å². The van der Waals surface area contributed by atoms with Crippen molar-refractivity contribution in [3.05, 3.63) is 127 Å². The molecule has 0 aromatic heterocycles. The zero-order chi connectivity index (χ0) is 22.9. The maximum absolute atomic E-state index is 14.1. The minimum Gasteiger partial charge on any atom is -0.307 e. The molecule has 0 aliphatic heterocycles. The van der Waals surface area contributed by atoms with Crippen LogP contribution < -0.4 is 10.2 Å². The van der Waals surface area contributed by atoms with Crippen molar-refractivity contribution in [2.45, 2.75) is 0 Å². The van der Waals surface area contributed by atoms with Gasteiger partial charge in [-0.2, -0.15) is 0 Å². The summed E-state index contributed by atoms with van der Waals surface area (Å²) in [5.74, 6) is 0. The van der Waals surface area contributed by atoms with Gasteiger partial charge in [-0.15, -0.1) is 0 Å². The van der Waals surface area contributed by atoms with Crippen LogP contribution in [0.25, 0.3) is 32.3 Å². The van der Waals surface area contributed by atoms with Crippen LogP contribution in [-0.2, 0) is 0 Å². The van der Waals surface area contributed by atoms with Crippen LogP contribution in [0.3, 0.4) is 0 Å². The summed E-state index contributed by atoms with van der Waals surface area (Å²) in [7, 11) is 0. The highest BCUT2D eigenvalue weighted by molar-refractivity contribution is 6.17. The van der Waals surface area contributed by atoms with E-state index in [1.807, 2.05) is 78.9 Å². The number of hydrogen-bond acceptors (Lipinski definition) is 1. The van der Waals surface area contributed by atoms with Crippen LogP contribution in [0.4, 0.5) is 21.9 Å². The van der Waals surface area contributed by atoms with Crippen molar-refractivity contribution < 1.29 is 4.79 Å². The Morgan fingerprint density at radius 2 is 0.882 bits per heavy atom.